The smallest absolute Gasteiger partial charge is 0.383 e. The zero-order valence-corrected chi connectivity index (χ0v) is 25.4. The molecule has 252 valence electrons. The number of nitrogens with one attached hydrogen (secondary N) is 1. The van der Waals surface area contributed by atoms with E-state index < -0.39 is 47.7 Å². The molecular formula is C31H36F7N5O3. The highest BCUT2D eigenvalue weighted by molar-refractivity contribution is 5.35. The van der Waals surface area contributed by atoms with Crippen molar-refractivity contribution in [2.75, 3.05) is 40.0 Å². The molecule has 3 heterocycles. The van der Waals surface area contributed by atoms with Crippen LogP contribution in [0.25, 0.3) is 0 Å². The van der Waals surface area contributed by atoms with E-state index in [1.807, 2.05) is 4.90 Å². The second-order valence-electron chi connectivity index (χ2n) is 11.6. The van der Waals surface area contributed by atoms with E-state index in [-0.39, 0.29) is 18.2 Å². The van der Waals surface area contributed by atoms with Gasteiger partial charge in [0.25, 0.3) is 0 Å². The molecule has 2 aliphatic rings. The summed E-state index contributed by atoms with van der Waals surface area (Å²) >= 11 is 0. The average Bonchev–Trinajstić information content (AvgIpc) is 3.65. The van der Waals surface area contributed by atoms with Crippen LogP contribution in [-0.2, 0) is 39.5 Å². The minimum atomic E-state index is -5.00. The first kappa shape index (κ1) is 34.2. The summed E-state index contributed by atoms with van der Waals surface area (Å²) in [6, 6.07) is 6.68. The summed E-state index contributed by atoms with van der Waals surface area (Å²) in [5.74, 6) is -0.470. The summed E-state index contributed by atoms with van der Waals surface area (Å²) < 4.78 is 112. The van der Waals surface area contributed by atoms with Gasteiger partial charge in [0.2, 0.25) is 0 Å². The lowest BCUT2D eigenvalue weighted by Crippen LogP contribution is -2.47. The third kappa shape index (κ3) is 8.23. The van der Waals surface area contributed by atoms with Crippen molar-refractivity contribution in [1.82, 2.24) is 25.2 Å². The quantitative estimate of drug-likeness (QED) is 0.242. The maximum absolute atomic E-state index is 13.9. The van der Waals surface area contributed by atoms with E-state index in [1.165, 1.54) is 19.1 Å². The van der Waals surface area contributed by atoms with E-state index in [1.54, 1.807) is 19.2 Å². The number of benzene rings is 2. The Balaban J connectivity index is 1.36. The fourth-order valence-corrected chi connectivity index (χ4v) is 6.11. The van der Waals surface area contributed by atoms with Crippen molar-refractivity contribution in [2.45, 2.75) is 69.6 Å². The van der Waals surface area contributed by atoms with Gasteiger partial charge in [0.15, 0.2) is 6.29 Å². The summed E-state index contributed by atoms with van der Waals surface area (Å²) in [5.41, 5.74) is -0.914. The summed E-state index contributed by atoms with van der Waals surface area (Å²) in [7, 11) is 1.68. The van der Waals surface area contributed by atoms with Crippen molar-refractivity contribution in [2.24, 2.45) is 0 Å². The lowest BCUT2D eigenvalue weighted by Gasteiger charge is -2.42. The van der Waals surface area contributed by atoms with Crippen LogP contribution in [0.4, 0.5) is 30.7 Å². The molecule has 0 amide bonds. The van der Waals surface area contributed by atoms with Crippen molar-refractivity contribution < 1.29 is 44.9 Å². The Labute approximate surface area is 261 Å². The third-order valence-corrected chi connectivity index (χ3v) is 8.50. The first-order valence-electron chi connectivity index (χ1n) is 15.0. The predicted molar refractivity (Wildman–Crippen MR) is 152 cm³/mol. The van der Waals surface area contributed by atoms with E-state index in [4.69, 9.17) is 14.2 Å². The molecule has 46 heavy (non-hydrogen) atoms. The number of methoxy groups -OCH3 is 1. The van der Waals surface area contributed by atoms with Gasteiger partial charge in [-0.15, -0.1) is 5.10 Å². The number of H-pyrrole nitrogens is 1. The number of alkyl halides is 6. The van der Waals surface area contributed by atoms with Gasteiger partial charge in [-0.1, -0.05) is 17.3 Å². The second kappa shape index (κ2) is 14.3. The molecule has 15 heteroatoms. The Kier molecular flexibility index (Phi) is 10.7. The highest BCUT2D eigenvalue weighted by Gasteiger charge is 2.39. The van der Waals surface area contributed by atoms with Gasteiger partial charge in [-0.3, -0.25) is 14.9 Å². The Morgan fingerprint density at radius 2 is 1.70 bits per heavy atom. The Bertz CT molecular complexity index is 1400. The number of nitrogens with zero attached hydrogens (tertiary/aromatic N) is 4. The molecule has 1 N–H and O–H groups in total. The number of ether oxygens (including phenoxy) is 3. The first-order valence-corrected chi connectivity index (χ1v) is 15.0. The fourth-order valence-electron chi connectivity index (χ4n) is 6.11. The van der Waals surface area contributed by atoms with E-state index in [9.17, 15) is 30.7 Å². The van der Waals surface area contributed by atoms with Crippen LogP contribution in [0.5, 0.6) is 0 Å². The Morgan fingerprint density at radius 3 is 2.35 bits per heavy atom. The molecule has 0 unspecified atom stereocenters. The molecule has 2 saturated heterocycles. The number of morpholine rings is 1. The van der Waals surface area contributed by atoms with Crippen LogP contribution in [0.1, 0.15) is 65.6 Å². The number of halogens is 7. The van der Waals surface area contributed by atoms with Gasteiger partial charge < -0.3 is 14.2 Å². The van der Waals surface area contributed by atoms with Crippen LogP contribution in [-0.4, -0.2) is 77.5 Å². The van der Waals surface area contributed by atoms with Gasteiger partial charge in [0, 0.05) is 39.2 Å². The molecule has 2 fully saturated rings. The maximum atomic E-state index is 13.9. The minimum Gasteiger partial charge on any atom is -0.383 e. The number of hydrogen-bond acceptors (Lipinski definition) is 7. The number of rotatable bonds is 11. The lowest BCUT2D eigenvalue weighted by molar-refractivity contribution is -0.229. The van der Waals surface area contributed by atoms with Crippen LogP contribution in [0.2, 0.25) is 0 Å². The van der Waals surface area contributed by atoms with Crippen molar-refractivity contribution in [3.63, 3.8) is 0 Å². The molecule has 0 aliphatic carbocycles. The van der Waals surface area contributed by atoms with E-state index in [0.29, 0.717) is 56.4 Å². The van der Waals surface area contributed by atoms with Gasteiger partial charge >= 0.3 is 12.4 Å². The van der Waals surface area contributed by atoms with E-state index in [2.05, 4.69) is 20.3 Å². The van der Waals surface area contributed by atoms with Gasteiger partial charge in [-0.2, -0.15) is 26.3 Å². The van der Waals surface area contributed by atoms with Gasteiger partial charge in [0.05, 0.1) is 47.9 Å². The van der Waals surface area contributed by atoms with Crippen LogP contribution in [0.3, 0.4) is 0 Å². The lowest BCUT2D eigenvalue weighted by atomic mass is 10.0. The molecule has 2 aromatic carbocycles. The number of hydrogen-bond donors (Lipinski definition) is 1. The maximum Gasteiger partial charge on any atom is 0.416 e. The highest BCUT2D eigenvalue weighted by atomic mass is 19.4. The van der Waals surface area contributed by atoms with Crippen molar-refractivity contribution >= 4 is 0 Å². The van der Waals surface area contributed by atoms with Crippen LogP contribution < -0.4 is 0 Å². The van der Waals surface area contributed by atoms with Gasteiger partial charge in [-0.25, -0.2) is 4.39 Å². The van der Waals surface area contributed by atoms with Crippen molar-refractivity contribution in [1.29, 1.82) is 0 Å². The van der Waals surface area contributed by atoms with Crippen molar-refractivity contribution in [3.8, 4) is 0 Å². The minimum absolute atomic E-state index is 0.0794. The standard InChI is InChI=1S/C31H36F7N5O3/c1-19(21-14-22(30(33,34)35)16-23(15-21)31(36,37)38)46-29-28(20-5-7-24(32)8-6-20)42(12-13-45-29)11-9-26-27(40-41-39-26)17-43-10-3-4-25(43)18-44-2/h5-8,14-16,19,25,28-29H,3-4,9-13,17-18H2,1-2H3,(H,39,40,41)/t19-,25+,28+,29-/m1/s1. The monoisotopic (exact) mass is 659 g/mol. The topological polar surface area (TPSA) is 75.7 Å². The van der Waals surface area contributed by atoms with Crippen LogP contribution in [0, 0.1) is 5.82 Å². The molecule has 0 radical (unpaired) electrons. The SMILES string of the molecule is COC[C@@H]1CCCN1Cc1[nH]nnc1CCN1CCO[C@H](O[C@H](C)c2cc(C(F)(F)F)cc(C(F)(F)F)c2)[C@@H]1c1ccc(F)cc1. The Hall–Kier alpha value is -3.11. The predicted octanol–water partition coefficient (Wildman–Crippen LogP) is 6.31. The molecule has 0 bridgehead atoms. The normalized spacial score (nSPS) is 22.4. The average molecular weight is 660 g/mol. The fraction of sp³-hybridized carbons (Fsp3) is 0.548. The molecule has 0 saturated carbocycles. The zero-order valence-electron chi connectivity index (χ0n) is 25.4. The van der Waals surface area contributed by atoms with E-state index in [0.717, 1.165) is 30.8 Å². The first-order chi connectivity index (χ1) is 21.8. The van der Waals surface area contributed by atoms with Gasteiger partial charge in [-0.05, 0) is 67.8 Å². The van der Waals surface area contributed by atoms with Gasteiger partial charge in [0.1, 0.15) is 5.82 Å². The van der Waals surface area contributed by atoms with E-state index >= 15 is 0 Å². The highest BCUT2D eigenvalue weighted by Crippen LogP contribution is 2.39. The number of likely N-dealkylation sites (tertiary alicyclic amines) is 1. The summed E-state index contributed by atoms with van der Waals surface area (Å²) in [6.45, 7) is 4.62. The molecule has 4 atom stereocenters. The summed E-state index contributed by atoms with van der Waals surface area (Å²) in [6.07, 6.45) is -9.70. The zero-order chi connectivity index (χ0) is 33.1. The second-order valence-corrected chi connectivity index (χ2v) is 11.6. The molecular weight excluding hydrogens is 623 g/mol. The number of aromatic nitrogens is 3. The molecule has 8 nitrogen and oxygen atoms in total. The van der Waals surface area contributed by atoms with Crippen LogP contribution in [0.15, 0.2) is 42.5 Å². The molecule has 1 aromatic heterocycles. The third-order valence-electron chi connectivity index (χ3n) is 8.50. The molecule has 3 aromatic rings. The van der Waals surface area contributed by atoms with Crippen molar-refractivity contribution in [3.05, 3.63) is 81.9 Å². The summed E-state index contributed by atoms with van der Waals surface area (Å²) in [5, 5.41) is 11.3. The number of aromatic amines is 1. The molecule has 5 rings (SSSR count). The molecule has 0 spiro atoms. The van der Waals surface area contributed by atoms with Crippen LogP contribution >= 0.6 is 0 Å². The Morgan fingerprint density at radius 1 is 1.00 bits per heavy atom. The molecule has 2 aliphatic heterocycles. The largest absolute Gasteiger partial charge is 0.416 e. The summed E-state index contributed by atoms with van der Waals surface area (Å²) in [4.78, 5) is 4.35.